The third-order valence-electron chi connectivity index (χ3n) is 5.34. The Morgan fingerprint density at radius 3 is 2.64 bits per heavy atom. The number of ketones is 1. The molecule has 22 heavy (non-hydrogen) atoms. The van der Waals surface area contributed by atoms with Crippen LogP contribution in [0.25, 0.3) is 17.0 Å². The third kappa shape index (κ3) is 1.84. The molecule has 114 valence electrons. The number of rotatable bonds is 2. The maximum absolute atomic E-state index is 12.6. The number of nitrogens with zero attached hydrogens (tertiary/aromatic N) is 2. The van der Waals surface area contributed by atoms with Gasteiger partial charge in [-0.2, -0.15) is 0 Å². The molecule has 0 spiro atoms. The van der Waals surface area contributed by atoms with E-state index in [1.54, 1.807) is 0 Å². The first kappa shape index (κ1) is 13.6. The van der Waals surface area contributed by atoms with Gasteiger partial charge in [-0.25, -0.2) is 0 Å². The standard InChI is InChI=1S/C19H22N2O/c1-3-21-13(2)16(15-6-4-5-7-17(15)21)12-18-19(22)14-8-10-20(18)11-9-14/h4-7,12,14H,3,8-11H2,1-2H3/b18-12-. The maximum atomic E-state index is 12.6. The molecular formula is C19H22N2O. The molecular weight excluding hydrogens is 272 g/mol. The van der Waals surface area contributed by atoms with Crippen molar-refractivity contribution in [1.82, 2.24) is 9.47 Å². The average molecular weight is 294 g/mol. The summed E-state index contributed by atoms with van der Waals surface area (Å²) in [5.74, 6) is 0.612. The third-order valence-corrected chi connectivity index (χ3v) is 5.34. The molecule has 4 heterocycles. The lowest BCUT2D eigenvalue weighted by atomic mass is 9.84. The molecule has 0 N–H and O–H groups in total. The Morgan fingerprint density at radius 1 is 1.23 bits per heavy atom. The molecule has 3 heteroatoms. The second kappa shape index (κ2) is 5.01. The minimum absolute atomic E-state index is 0.260. The Labute approximate surface area is 131 Å². The number of benzene rings is 1. The topological polar surface area (TPSA) is 25.2 Å². The highest BCUT2D eigenvalue weighted by Gasteiger charge is 2.36. The summed E-state index contributed by atoms with van der Waals surface area (Å²) in [5, 5.41) is 1.25. The van der Waals surface area contributed by atoms with E-state index < -0.39 is 0 Å². The summed E-state index contributed by atoms with van der Waals surface area (Å²) in [6, 6.07) is 8.51. The van der Waals surface area contributed by atoms with E-state index in [1.807, 2.05) is 0 Å². The van der Waals surface area contributed by atoms with Gasteiger partial charge in [0.05, 0.1) is 5.70 Å². The lowest BCUT2D eigenvalue weighted by Gasteiger charge is -2.41. The van der Waals surface area contributed by atoms with Gasteiger partial charge in [0.1, 0.15) is 0 Å². The number of fused-ring (bicyclic) bond motifs is 4. The smallest absolute Gasteiger partial charge is 0.182 e. The summed E-state index contributed by atoms with van der Waals surface area (Å²) >= 11 is 0. The van der Waals surface area contributed by atoms with Crippen LogP contribution in [-0.2, 0) is 11.3 Å². The Bertz CT molecular complexity index is 776. The van der Waals surface area contributed by atoms with Gasteiger partial charge < -0.3 is 9.47 Å². The van der Waals surface area contributed by atoms with Crippen LogP contribution in [0, 0.1) is 12.8 Å². The van der Waals surface area contributed by atoms with E-state index in [0.29, 0.717) is 5.78 Å². The molecule has 2 bridgehead atoms. The van der Waals surface area contributed by atoms with E-state index in [0.717, 1.165) is 38.2 Å². The number of piperidine rings is 3. The molecule has 3 aliphatic heterocycles. The van der Waals surface area contributed by atoms with Crippen molar-refractivity contribution in [2.75, 3.05) is 13.1 Å². The van der Waals surface area contributed by atoms with Gasteiger partial charge in [0.15, 0.2) is 5.78 Å². The summed E-state index contributed by atoms with van der Waals surface area (Å²) in [6.07, 6.45) is 4.22. The van der Waals surface area contributed by atoms with Crippen molar-refractivity contribution in [2.45, 2.75) is 33.2 Å². The van der Waals surface area contributed by atoms with Crippen molar-refractivity contribution in [3.8, 4) is 0 Å². The number of aromatic nitrogens is 1. The number of carbonyl (C=O) groups is 1. The number of carbonyl (C=O) groups excluding carboxylic acids is 1. The predicted molar refractivity (Wildman–Crippen MR) is 89.6 cm³/mol. The second-order valence-corrected chi connectivity index (χ2v) is 6.42. The number of para-hydroxylation sites is 1. The molecule has 0 amide bonds. The van der Waals surface area contributed by atoms with Crippen LogP contribution in [0.5, 0.6) is 0 Å². The molecule has 3 nitrogen and oxygen atoms in total. The summed E-state index contributed by atoms with van der Waals surface area (Å²) in [5.41, 5.74) is 4.67. The van der Waals surface area contributed by atoms with E-state index in [4.69, 9.17) is 0 Å². The van der Waals surface area contributed by atoms with Crippen LogP contribution < -0.4 is 0 Å². The van der Waals surface area contributed by atoms with Gasteiger partial charge >= 0.3 is 0 Å². The fraction of sp³-hybridized carbons (Fsp3) is 0.421. The van der Waals surface area contributed by atoms with Crippen molar-refractivity contribution < 1.29 is 4.79 Å². The van der Waals surface area contributed by atoms with E-state index in [1.165, 1.54) is 22.2 Å². The van der Waals surface area contributed by atoms with E-state index >= 15 is 0 Å². The molecule has 3 aliphatic rings. The maximum Gasteiger partial charge on any atom is 0.182 e. The lowest BCUT2D eigenvalue weighted by Crippen LogP contribution is -2.45. The van der Waals surface area contributed by atoms with Crippen LogP contribution in [0.2, 0.25) is 0 Å². The highest BCUT2D eigenvalue weighted by atomic mass is 16.1. The van der Waals surface area contributed by atoms with Gasteiger partial charge in [-0.05, 0) is 38.8 Å². The van der Waals surface area contributed by atoms with Crippen LogP contribution in [0.15, 0.2) is 30.0 Å². The lowest BCUT2D eigenvalue weighted by molar-refractivity contribution is -0.125. The molecule has 1 aromatic heterocycles. The highest BCUT2D eigenvalue weighted by Crippen LogP contribution is 2.35. The number of allylic oxidation sites excluding steroid dienone is 1. The molecule has 0 radical (unpaired) electrons. The van der Waals surface area contributed by atoms with Gasteiger partial charge in [-0.1, -0.05) is 18.2 Å². The number of hydrogen-bond acceptors (Lipinski definition) is 2. The number of aryl methyl sites for hydroxylation is 1. The van der Waals surface area contributed by atoms with Crippen LogP contribution in [-0.4, -0.2) is 28.3 Å². The first-order chi connectivity index (χ1) is 10.7. The largest absolute Gasteiger partial charge is 0.369 e. The Hall–Kier alpha value is -2.03. The SMILES string of the molecule is CCn1c(C)c(/C=C2/C(=O)C3CCN2CC3)c2ccccc21. The Morgan fingerprint density at radius 2 is 1.95 bits per heavy atom. The van der Waals surface area contributed by atoms with Gasteiger partial charge in [-0.15, -0.1) is 0 Å². The molecule has 1 aromatic carbocycles. The summed E-state index contributed by atoms with van der Waals surface area (Å²) in [7, 11) is 0. The van der Waals surface area contributed by atoms with Gasteiger partial charge in [0, 0.05) is 47.7 Å². The molecule has 0 saturated carbocycles. The predicted octanol–water partition coefficient (Wildman–Crippen LogP) is 3.61. The fourth-order valence-electron chi connectivity index (χ4n) is 4.09. The summed E-state index contributed by atoms with van der Waals surface area (Å²) in [6.45, 7) is 7.36. The molecule has 5 rings (SSSR count). The van der Waals surface area contributed by atoms with Gasteiger partial charge in [0.25, 0.3) is 0 Å². The van der Waals surface area contributed by atoms with Crippen LogP contribution >= 0.6 is 0 Å². The normalized spacial score (nSPS) is 20.5. The van der Waals surface area contributed by atoms with Crippen LogP contribution in [0.1, 0.15) is 31.0 Å². The molecule has 0 atom stereocenters. The van der Waals surface area contributed by atoms with Crippen molar-refractivity contribution in [3.05, 3.63) is 41.2 Å². The van der Waals surface area contributed by atoms with Gasteiger partial charge in [-0.3, -0.25) is 4.79 Å². The van der Waals surface area contributed by atoms with Crippen molar-refractivity contribution in [1.29, 1.82) is 0 Å². The number of hydrogen-bond donors (Lipinski definition) is 0. The van der Waals surface area contributed by atoms with Crippen molar-refractivity contribution >= 4 is 22.8 Å². The quantitative estimate of drug-likeness (QED) is 0.791. The molecule has 0 unspecified atom stereocenters. The van der Waals surface area contributed by atoms with Crippen molar-refractivity contribution in [2.24, 2.45) is 5.92 Å². The Kier molecular flexibility index (Phi) is 3.10. The molecule has 2 aromatic rings. The van der Waals surface area contributed by atoms with Crippen molar-refractivity contribution in [3.63, 3.8) is 0 Å². The van der Waals surface area contributed by atoms with E-state index in [-0.39, 0.29) is 5.92 Å². The van der Waals surface area contributed by atoms with Crippen LogP contribution in [0.4, 0.5) is 0 Å². The Balaban J connectivity index is 1.90. The zero-order chi connectivity index (χ0) is 15.3. The minimum Gasteiger partial charge on any atom is -0.369 e. The molecule has 3 fully saturated rings. The van der Waals surface area contributed by atoms with E-state index in [2.05, 4.69) is 53.7 Å². The first-order valence-corrected chi connectivity index (χ1v) is 8.29. The molecule has 0 aliphatic carbocycles. The summed E-state index contributed by atoms with van der Waals surface area (Å²) in [4.78, 5) is 14.9. The van der Waals surface area contributed by atoms with Crippen LogP contribution in [0.3, 0.4) is 0 Å². The average Bonchev–Trinajstić information content (AvgIpc) is 2.83. The van der Waals surface area contributed by atoms with E-state index in [9.17, 15) is 4.79 Å². The zero-order valence-corrected chi connectivity index (χ0v) is 13.3. The summed E-state index contributed by atoms with van der Waals surface area (Å²) < 4.78 is 2.34. The second-order valence-electron chi connectivity index (χ2n) is 6.42. The minimum atomic E-state index is 0.260. The highest BCUT2D eigenvalue weighted by molar-refractivity contribution is 6.04. The first-order valence-electron chi connectivity index (χ1n) is 8.29. The fourth-order valence-corrected chi connectivity index (χ4v) is 4.09. The zero-order valence-electron chi connectivity index (χ0n) is 13.3. The number of Topliss-reactive ketones (excluding diaryl/α,β-unsaturated/α-hetero) is 1. The monoisotopic (exact) mass is 294 g/mol. The molecule has 3 saturated heterocycles. The van der Waals surface area contributed by atoms with Gasteiger partial charge in [0.2, 0.25) is 0 Å².